The normalized spacial score (nSPS) is 18.7. The van der Waals surface area contributed by atoms with Crippen LogP contribution in [-0.4, -0.2) is 59.1 Å². The number of rotatable bonds is 11. The van der Waals surface area contributed by atoms with Crippen molar-refractivity contribution in [2.24, 2.45) is 18.0 Å². The highest BCUT2D eigenvalue weighted by atomic mass is 19.4. The van der Waals surface area contributed by atoms with Crippen LogP contribution in [0.5, 0.6) is 0 Å². The van der Waals surface area contributed by atoms with Crippen molar-refractivity contribution in [3.8, 4) is 0 Å². The molecular formula is C21H36F3N5O2. The van der Waals surface area contributed by atoms with Gasteiger partial charge in [0.25, 0.3) is 0 Å². The molecule has 0 aromatic carbocycles. The number of alkyl halides is 3. The molecule has 178 valence electrons. The number of aliphatic imine (C=N–C) groups is 1. The molecule has 3 N–H and O–H groups in total. The maximum absolute atomic E-state index is 13.6. The predicted octanol–water partition coefficient (Wildman–Crippen LogP) is 3.10. The number of guanidine groups is 1. The number of imidazole rings is 1. The standard InChI is InChI=1S/C21H36F3N5O2/c1-4-25-19(27-12-10-17(31-5-2)16-8-6-7-9-16)28-13-11-20(30,21(22,23)24)18-26-14-15-29(18)3/h14-17,30H,4-13H2,1-3H3,(H2,25,27,28). The summed E-state index contributed by atoms with van der Waals surface area (Å²) in [5.41, 5.74) is -3.04. The Morgan fingerprint density at radius 1 is 1.32 bits per heavy atom. The van der Waals surface area contributed by atoms with E-state index < -0.39 is 24.0 Å². The average Bonchev–Trinajstić information content (AvgIpc) is 3.38. The van der Waals surface area contributed by atoms with Crippen LogP contribution in [0.15, 0.2) is 17.4 Å². The fourth-order valence-corrected chi connectivity index (χ4v) is 4.15. The number of aryl methyl sites for hydroxylation is 1. The molecule has 1 aliphatic rings. The van der Waals surface area contributed by atoms with Crippen LogP contribution >= 0.6 is 0 Å². The van der Waals surface area contributed by atoms with Crippen LogP contribution < -0.4 is 10.6 Å². The third kappa shape index (κ3) is 6.83. The molecule has 2 atom stereocenters. The summed E-state index contributed by atoms with van der Waals surface area (Å²) in [4.78, 5) is 8.22. The molecule has 0 aliphatic heterocycles. The van der Waals surface area contributed by atoms with E-state index in [9.17, 15) is 18.3 Å². The molecule has 2 unspecified atom stereocenters. The highest BCUT2D eigenvalue weighted by Crippen LogP contribution is 2.40. The van der Waals surface area contributed by atoms with Gasteiger partial charge in [-0.25, -0.2) is 4.98 Å². The van der Waals surface area contributed by atoms with Gasteiger partial charge in [-0.3, -0.25) is 4.99 Å². The van der Waals surface area contributed by atoms with Crippen molar-refractivity contribution >= 4 is 5.96 Å². The summed E-state index contributed by atoms with van der Waals surface area (Å²) >= 11 is 0. The molecule has 7 nitrogen and oxygen atoms in total. The largest absolute Gasteiger partial charge is 0.424 e. The van der Waals surface area contributed by atoms with Gasteiger partial charge in [0, 0.05) is 52.1 Å². The van der Waals surface area contributed by atoms with Crippen molar-refractivity contribution in [1.29, 1.82) is 0 Å². The van der Waals surface area contributed by atoms with Gasteiger partial charge in [-0.05, 0) is 39.0 Å². The first-order valence-corrected chi connectivity index (χ1v) is 11.1. The minimum Gasteiger partial charge on any atom is -0.378 e. The van der Waals surface area contributed by atoms with Gasteiger partial charge in [-0.1, -0.05) is 12.8 Å². The Balaban J connectivity index is 1.96. The highest BCUT2D eigenvalue weighted by molar-refractivity contribution is 5.79. The first-order valence-electron chi connectivity index (χ1n) is 11.1. The molecule has 1 fully saturated rings. The lowest BCUT2D eigenvalue weighted by Gasteiger charge is -2.30. The van der Waals surface area contributed by atoms with Crippen LogP contribution in [0.25, 0.3) is 0 Å². The monoisotopic (exact) mass is 447 g/mol. The summed E-state index contributed by atoms with van der Waals surface area (Å²) in [6.45, 7) is 5.50. The fraction of sp³-hybridized carbons (Fsp3) is 0.810. The first-order chi connectivity index (χ1) is 14.7. The van der Waals surface area contributed by atoms with Crippen molar-refractivity contribution in [1.82, 2.24) is 20.2 Å². The van der Waals surface area contributed by atoms with E-state index in [0.29, 0.717) is 31.6 Å². The minimum atomic E-state index is -4.85. The first kappa shape index (κ1) is 25.5. The summed E-state index contributed by atoms with van der Waals surface area (Å²) in [6.07, 6.45) is 2.94. The summed E-state index contributed by atoms with van der Waals surface area (Å²) in [7, 11) is 1.43. The molecule has 0 radical (unpaired) electrons. The molecule has 0 saturated heterocycles. The Kier molecular flexibility index (Phi) is 9.61. The molecule has 1 aromatic rings. The maximum atomic E-state index is 13.6. The van der Waals surface area contributed by atoms with Crippen LogP contribution in [0.4, 0.5) is 13.2 Å². The van der Waals surface area contributed by atoms with Crippen LogP contribution in [0.1, 0.15) is 58.2 Å². The second-order valence-electron chi connectivity index (χ2n) is 7.98. The van der Waals surface area contributed by atoms with Gasteiger partial charge in [0.15, 0.2) is 5.96 Å². The summed E-state index contributed by atoms with van der Waals surface area (Å²) in [5, 5.41) is 16.4. The summed E-state index contributed by atoms with van der Waals surface area (Å²) in [6, 6.07) is 0. The number of aliphatic hydroxyl groups is 1. The van der Waals surface area contributed by atoms with Crippen molar-refractivity contribution in [3.63, 3.8) is 0 Å². The van der Waals surface area contributed by atoms with Crippen molar-refractivity contribution < 1.29 is 23.0 Å². The Hall–Kier alpha value is -1.81. The second-order valence-corrected chi connectivity index (χ2v) is 7.98. The lowest BCUT2D eigenvalue weighted by molar-refractivity contribution is -0.272. The molecular weight excluding hydrogens is 411 g/mol. The van der Waals surface area contributed by atoms with Crippen molar-refractivity contribution in [3.05, 3.63) is 18.2 Å². The van der Waals surface area contributed by atoms with Gasteiger partial charge < -0.3 is 25.0 Å². The Bertz CT molecular complexity index is 689. The number of hydrogen-bond acceptors (Lipinski definition) is 4. The molecule has 10 heteroatoms. The van der Waals surface area contributed by atoms with E-state index in [-0.39, 0.29) is 12.6 Å². The molecule has 31 heavy (non-hydrogen) atoms. The topological polar surface area (TPSA) is 83.7 Å². The number of hydrogen-bond donors (Lipinski definition) is 3. The maximum Gasteiger partial charge on any atom is 0.424 e. The van der Waals surface area contributed by atoms with E-state index in [2.05, 4.69) is 20.6 Å². The van der Waals surface area contributed by atoms with Gasteiger partial charge in [0.1, 0.15) is 5.82 Å². The molecule has 1 heterocycles. The zero-order valence-corrected chi connectivity index (χ0v) is 18.7. The molecule has 1 saturated carbocycles. The zero-order valence-electron chi connectivity index (χ0n) is 18.7. The average molecular weight is 448 g/mol. The number of ether oxygens (including phenoxy) is 1. The minimum absolute atomic E-state index is 0.119. The number of aromatic nitrogens is 2. The predicted molar refractivity (Wildman–Crippen MR) is 114 cm³/mol. The molecule has 1 aromatic heterocycles. The van der Waals surface area contributed by atoms with Gasteiger partial charge in [-0.15, -0.1) is 0 Å². The highest BCUT2D eigenvalue weighted by Gasteiger charge is 2.57. The third-order valence-corrected chi connectivity index (χ3v) is 5.77. The van der Waals surface area contributed by atoms with E-state index in [1.807, 2.05) is 13.8 Å². The van der Waals surface area contributed by atoms with E-state index in [1.165, 1.54) is 49.7 Å². The SMILES string of the molecule is CCNC(=NCCC(OCC)C1CCCC1)NCCC(O)(c1nccn1C)C(F)(F)F. The van der Waals surface area contributed by atoms with Crippen molar-refractivity contribution in [2.75, 3.05) is 26.2 Å². The van der Waals surface area contributed by atoms with Gasteiger partial charge in [0.05, 0.1) is 6.10 Å². The smallest absolute Gasteiger partial charge is 0.378 e. The quantitative estimate of drug-likeness (QED) is 0.359. The van der Waals surface area contributed by atoms with Crippen molar-refractivity contribution in [2.45, 2.75) is 70.3 Å². The number of nitrogens with one attached hydrogen (secondary N) is 2. The summed E-state index contributed by atoms with van der Waals surface area (Å²) < 4.78 is 48.0. The number of halogens is 3. The molecule has 2 rings (SSSR count). The molecule has 0 bridgehead atoms. The molecule has 0 spiro atoms. The van der Waals surface area contributed by atoms with E-state index in [0.717, 1.165) is 6.42 Å². The Morgan fingerprint density at radius 2 is 2.03 bits per heavy atom. The van der Waals surface area contributed by atoms with E-state index >= 15 is 0 Å². The second kappa shape index (κ2) is 11.7. The van der Waals surface area contributed by atoms with Crippen LogP contribution in [0.3, 0.4) is 0 Å². The van der Waals surface area contributed by atoms with E-state index in [4.69, 9.17) is 4.74 Å². The van der Waals surface area contributed by atoms with Gasteiger partial charge >= 0.3 is 6.18 Å². The number of nitrogens with zero attached hydrogens (tertiary/aromatic N) is 3. The summed E-state index contributed by atoms with van der Waals surface area (Å²) in [5.74, 6) is 0.554. The Labute approximate surface area is 182 Å². The third-order valence-electron chi connectivity index (χ3n) is 5.77. The Morgan fingerprint density at radius 3 is 2.58 bits per heavy atom. The molecule has 1 aliphatic carbocycles. The van der Waals surface area contributed by atoms with E-state index in [1.54, 1.807) is 0 Å². The van der Waals surface area contributed by atoms with Gasteiger partial charge in [0.2, 0.25) is 5.60 Å². The van der Waals surface area contributed by atoms with Crippen LogP contribution in [0, 0.1) is 5.92 Å². The lowest BCUT2D eigenvalue weighted by Crippen LogP contribution is -2.48. The van der Waals surface area contributed by atoms with Crippen LogP contribution in [0.2, 0.25) is 0 Å². The fourth-order valence-electron chi connectivity index (χ4n) is 4.15. The van der Waals surface area contributed by atoms with Crippen LogP contribution in [-0.2, 0) is 17.4 Å². The molecule has 0 amide bonds. The zero-order chi connectivity index (χ0) is 22.9. The van der Waals surface area contributed by atoms with Gasteiger partial charge in [-0.2, -0.15) is 13.2 Å². The lowest BCUT2D eigenvalue weighted by atomic mass is 9.97.